The summed E-state index contributed by atoms with van der Waals surface area (Å²) < 4.78 is 1.93. The van der Waals surface area contributed by atoms with Gasteiger partial charge in [0, 0.05) is 38.2 Å². The van der Waals surface area contributed by atoms with Crippen LogP contribution in [-0.2, 0) is 11.2 Å². The first kappa shape index (κ1) is 20.2. The maximum absolute atomic E-state index is 12.7. The van der Waals surface area contributed by atoms with Gasteiger partial charge in [-0.05, 0) is 31.0 Å². The highest BCUT2D eigenvalue weighted by molar-refractivity contribution is 5.76. The standard InChI is InChI=1S/C26H27N5O/c1-20-26(22-10-6-3-7-11-22)27-23-13-14-24(28-31(20)23)29-16-18-30(19-17-29)25(32)15-12-21-8-4-2-5-9-21/h2-11,13-14H,12,15-19H2,1H3. The second-order valence-corrected chi connectivity index (χ2v) is 8.23. The number of aryl methyl sites for hydroxylation is 2. The van der Waals surface area contributed by atoms with Crippen LogP contribution in [0.3, 0.4) is 0 Å². The van der Waals surface area contributed by atoms with Crippen LogP contribution in [0.1, 0.15) is 17.7 Å². The lowest BCUT2D eigenvalue weighted by Gasteiger charge is -2.35. The minimum atomic E-state index is 0.231. The van der Waals surface area contributed by atoms with Gasteiger partial charge in [0.1, 0.15) is 5.82 Å². The van der Waals surface area contributed by atoms with Crippen molar-refractivity contribution in [3.8, 4) is 11.3 Å². The molecule has 1 aliphatic heterocycles. The number of aromatic nitrogens is 3. The third-order valence-corrected chi connectivity index (χ3v) is 6.16. The van der Waals surface area contributed by atoms with Gasteiger partial charge in [-0.3, -0.25) is 4.79 Å². The summed E-state index contributed by atoms with van der Waals surface area (Å²) in [5.74, 6) is 1.16. The summed E-state index contributed by atoms with van der Waals surface area (Å²) >= 11 is 0. The number of fused-ring (bicyclic) bond motifs is 1. The molecule has 0 radical (unpaired) electrons. The van der Waals surface area contributed by atoms with E-state index >= 15 is 0 Å². The number of piperazine rings is 1. The Morgan fingerprint density at radius 1 is 0.875 bits per heavy atom. The van der Waals surface area contributed by atoms with Gasteiger partial charge in [0.15, 0.2) is 5.65 Å². The second kappa shape index (κ2) is 8.83. The van der Waals surface area contributed by atoms with Crippen molar-refractivity contribution in [1.29, 1.82) is 0 Å². The number of amides is 1. The molecule has 4 aromatic rings. The number of nitrogens with zero attached hydrogens (tertiary/aromatic N) is 5. The molecule has 1 amide bonds. The number of carbonyl (C=O) groups is 1. The van der Waals surface area contributed by atoms with Crippen molar-refractivity contribution in [2.75, 3.05) is 31.1 Å². The van der Waals surface area contributed by atoms with Crippen molar-refractivity contribution >= 4 is 17.4 Å². The first-order valence-corrected chi connectivity index (χ1v) is 11.2. The van der Waals surface area contributed by atoms with E-state index in [2.05, 4.69) is 36.1 Å². The van der Waals surface area contributed by atoms with Crippen molar-refractivity contribution in [1.82, 2.24) is 19.5 Å². The van der Waals surface area contributed by atoms with Crippen LogP contribution in [0.5, 0.6) is 0 Å². The van der Waals surface area contributed by atoms with Crippen molar-refractivity contribution in [3.63, 3.8) is 0 Å². The molecule has 1 saturated heterocycles. The van der Waals surface area contributed by atoms with E-state index in [4.69, 9.17) is 10.1 Å². The Kier molecular flexibility index (Phi) is 5.58. The Balaban J connectivity index is 1.25. The molecule has 1 aliphatic rings. The van der Waals surface area contributed by atoms with E-state index in [0.717, 1.165) is 61.0 Å². The molecule has 5 rings (SSSR count). The van der Waals surface area contributed by atoms with Crippen LogP contribution >= 0.6 is 0 Å². The van der Waals surface area contributed by atoms with Gasteiger partial charge >= 0.3 is 0 Å². The first-order chi connectivity index (χ1) is 15.7. The maximum atomic E-state index is 12.7. The molecule has 0 unspecified atom stereocenters. The molecule has 6 nitrogen and oxygen atoms in total. The molecular weight excluding hydrogens is 398 g/mol. The number of anilines is 1. The zero-order valence-electron chi connectivity index (χ0n) is 18.3. The quantitative estimate of drug-likeness (QED) is 0.485. The van der Waals surface area contributed by atoms with E-state index in [0.29, 0.717) is 6.42 Å². The highest BCUT2D eigenvalue weighted by Crippen LogP contribution is 2.24. The fraction of sp³-hybridized carbons (Fsp3) is 0.269. The van der Waals surface area contributed by atoms with Crippen molar-refractivity contribution < 1.29 is 4.79 Å². The summed E-state index contributed by atoms with van der Waals surface area (Å²) in [7, 11) is 0. The van der Waals surface area contributed by atoms with E-state index in [1.165, 1.54) is 5.56 Å². The van der Waals surface area contributed by atoms with Gasteiger partial charge in [0.25, 0.3) is 0 Å². The predicted molar refractivity (Wildman–Crippen MR) is 127 cm³/mol. The van der Waals surface area contributed by atoms with Crippen molar-refractivity contribution in [3.05, 3.63) is 84.1 Å². The van der Waals surface area contributed by atoms with Crippen LogP contribution < -0.4 is 4.90 Å². The third kappa shape index (κ3) is 4.08. The van der Waals surface area contributed by atoms with E-state index in [-0.39, 0.29) is 5.91 Å². The van der Waals surface area contributed by atoms with E-state index in [9.17, 15) is 4.79 Å². The maximum Gasteiger partial charge on any atom is 0.223 e. The lowest BCUT2D eigenvalue weighted by molar-refractivity contribution is -0.131. The van der Waals surface area contributed by atoms with Gasteiger partial charge in [0.05, 0.1) is 11.4 Å². The lowest BCUT2D eigenvalue weighted by atomic mass is 10.1. The van der Waals surface area contributed by atoms with Crippen molar-refractivity contribution in [2.24, 2.45) is 0 Å². The topological polar surface area (TPSA) is 53.7 Å². The molecule has 0 bridgehead atoms. The zero-order valence-corrected chi connectivity index (χ0v) is 18.3. The van der Waals surface area contributed by atoms with Gasteiger partial charge in [0.2, 0.25) is 5.91 Å². The summed E-state index contributed by atoms with van der Waals surface area (Å²) in [4.78, 5) is 21.7. The molecule has 0 atom stereocenters. The number of carbonyl (C=O) groups excluding carboxylic acids is 1. The SMILES string of the molecule is Cc1c(-c2ccccc2)nc2ccc(N3CCN(C(=O)CCc4ccccc4)CC3)nn12. The Morgan fingerprint density at radius 3 is 2.28 bits per heavy atom. The molecule has 0 N–H and O–H groups in total. The summed E-state index contributed by atoms with van der Waals surface area (Å²) in [5.41, 5.74) is 5.15. The minimum Gasteiger partial charge on any atom is -0.352 e. The normalized spacial score (nSPS) is 14.2. The Hall–Kier alpha value is -3.67. The molecule has 2 aromatic carbocycles. The summed E-state index contributed by atoms with van der Waals surface area (Å²) in [5, 5.41) is 4.87. The number of hydrogen-bond acceptors (Lipinski definition) is 4. The Labute approximate surface area is 188 Å². The molecule has 0 saturated carbocycles. The Bertz CT molecular complexity index is 1210. The van der Waals surface area contributed by atoms with Crippen LogP contribution in [-0.4, -0.2) is 51.6 Å². The van der Waals surface area contributed by atoms with Crippen LogP contribution in [0, 0.1) is 6.92 Å². The fourth-order valence-electron chi connectivity index (χ4n) is 4.31. The van der Waals surface area contributed by atoms with E-state index in [1.807, 2.05) is 57.9 Å². The minimum absolute atomic E-state index is 0.231. The number of benzene rings is 2. The molecule has 1 fully saturated rings. The second-order valence-electron chi connectivity index (χ2n) is 8.23. The molecule has 6 heteroatoms. The predicted octanol–water partition coefficient (Wildman–Crippen LogP) is 3.99. The molecular formula is C26H27N5O. The fourth-order valence-corrected chi connectivity index (χ4v) is 4.31. The Morgan fingerprint density at radius 2 is 1.56 bits per heavy atom. The summed E-state index contributed by atoms with van der Waals surface area (Å²) in [6.07, 6.45) is 1.35. The molecule has 0 spiro atoms. The third-order valence-electron chi connectivity index (χ3n) is 6.16. The van der Waals surface area contributed by atoms with E-state index in [1.54, 1.807) is 0 Å². The zero-order chi connectivity index (χ0) is 21.9. The summed E-state index contributed by atoms with van der Waals surface area (Å²) in [6, 6.07) is 24.5. The van der Waals surface area contributed by atoms with Crippen LogP contribution in [0.2, 0.25) is 0 Å². The average Bonchev–Trinajstić information content (AvgIpc) is 3.19. The van der Waals surface area contributed by atoms with Gasteiger partial charge in [-0.1, -0.05) is 60.7 Å². The highest BCUT2D eigenvalue weighted by atomic mass is 16.2. The van der Waals surface area contributed by atoms with Gasteiger partial charge in [-0.25, -0.2) is 9.50 Å². The van der Waals surface area contributed by atoms with Crippen LogP contribution in [0.15, 0.2) is 72.8 Å². The van der Waals surface area contributed by atoms with Gasteiger partial charge in [-0.15, -0.1) is 5.10 Å². The smallest absolute Gasteiger partial charge is 0.223 e. The number of imidazole rings is 1. The number of rotatable bonds is 5. The van der Waals surface area contributed by atoms with Gasteiger partial charge < -0.3 is 9.80 Å². The number of hydrogen-bond donors (Lipinski definition) is 0. The summed E-state index contributed by atoms with van der Waals surface area (Å²) in [6.45, 7) is 5.09. The van der Waals surface area contributed by atoms with Crippen molar-refractivity contribution in [2.45, 2.75) is 19.8 Å². The average molecular weight is 426 g/mol. The molecule has 0 aliphatic carbocycles. The largest absolute Gasteiger partial charge is 0.352 e. The monoisotopic (exact) mass is 425 g/mol. The molecule has 32 heavy (non-hydrogen) atoms. The van der Waals surface area contributed by atoms with Crippen LogP contribution in [0.4, 0.5) is 5.82 Å². The van der Waals surface area contributed by atoms with Crippen LogP contribution in [0.25, 0.3) is 16.9 Å². The first-order valence-electron chi connectivity index (χ1n) is 11.2. The molecule has 2 aromatic heterocycles. The highest BCUT2D eigenvalue weighted by Gasteiger charge is 2.22. The van der Waals surface area contributed by atoms with Gasteiger partial charge in [-0.2, -0.15) is 0 Å². The van der Waals surface area contributed by atoms with E-state index < -0.39 is 0 Å². The molecule has 3 heterocycles. The lowest BCUT2D eigenvalue weighted by Crippen LogP contribution is -2.49. The molecule has 162 valence electrons.